The third-order valence-electron chi connectivity index (χ3n) is 5.60. The van der Waals surface area contributed by atoms with Crippen LogP contribution in [-0.4, -0.2) is 27.7 Å². The van der Waals surface area contributed by atoms with Crippen LogP contribution in [0.5, 0.6) is 5.75 Å². The zero-order valence-corrected chi connectivity index (χ0v) is 17.8. The molecule has 1 atom stereocenters. The van der Waals surface area contributed by atoms with Gasteiger partial charge in [0.1, 0.15) is 17.6 Å². The number of halogens is 1. The van der Waals surface area contributed by atoms with Crippen LogP contribution in [0, 0.1) is 5.82 Å². The van der Waals surface area contributed by atoms with Gasteiger partial charge in [0.15, 0.2) is 5.78 Å². The minimum Gasteiger partial charge on any atom is -0.496 e. The van der Waals surface area contributed by atoms with Crippen LogP contribution in [0.25, 0.3) is 0 Å². The van der Waals surface area contributed by atoms with Crippen molar-refractivity contribution in [2.45, 2.75) is 36.2 Å². The van der Waals surface area contributed by atoms with Gasteiger partial charge in [0.05, 0.1) is 7.11 Å². The Morgan fingerprint density at radius 1 is 1.19 bits per heavy atom. The first-order valence-electron chi connectivity index (χ1n) is 10.1. The molecule has 0 bridgehead atoms. The maximum Gasteiger partial charge on any atom is 0.227 e. The second-order valence-corrected chi connectivity index (χ2v) is 8.42. The Labute approximate surface area is 183 Å². The zero-order valence-electron chi connectivity index (χ0n) is 17.0. The van der Waals surface area contributed by atoms with Gasteiger partial charge in [-0.2, -0.15) is 4.98 Å². The standard InChI is InChI=1S/C23H21FN4O2S/c1-30-19-12-5-3-8-15(19)21-20-17(10-6-11-18(20)29)25-22-26-23(27-28(21)22)31-13-14-7-2-4-9-16(14)24/h2-5,7-9,12,21H,6,10-11,13H2,1H3,(H,25,26,27)/t21-/m0/s1. The summed E-state index contributed by atoms with van der Waals surface area (Å²) in [5.74, 6) is 1.57. The van der Waals surface area contributed by atoms with Crippen LogP contribution in [0.1, 0.15) is 36.4 Å². The maximum atomic E-state index is 14.0. The summed E-state index contributed by atoms with van der Waals surface area (Å²) in [7, 11) is 1.62. The van der Waals surface area contributed by atoms with E-state index in [4.69, 9.17) is 9.84 Å². The summed E-state index contributed by atoms with van der Waals surface area (Å²) in [6, 6.07) is 14.0. The molecular formula is C23H21FN4O2S. The molecule has 8 heteroatoms. The number of rotatable bonds is 5. The van der Waals surface area contributed by atoms with E-state index in [1.54, 1.807) is 23.9 Å². The van der Waals surface area contributed by atoms with E-state index >= 15 is 0 Å². The molecule has 0 saturated carbocycles. The van der Waals surface area contributed by atoms with Crippen LogP contribution in [0.15, 0.2) is 65.0 Å². The van der Waals surface area contributed by atoms with Crippen LogP contribution >= 0.6 is 11.8 Å². The first-order chi connectivity index (χ1) is 15.2. The quantitative estimate of drug-likeness (QED) is 0.583. The number of nitrogens with zero attached hydrogens (tertiary/aromatic N) is 3. The molecule has 3 aromatic rings. The van der Waals surface area contributed by atoms with E-state index in [1.165, 1.54) is 17.8 Å². The first-order valence-corrected chi connectivity index (χ1v) is 11.1. The molecule has 1 aliphatic carbocycles. The predicted molar refractivity (Wildman–Crippen MR) is 117 cm³/mol. The van der Waals surface area contributed by atoms with Crippen molar-refractivity contribution >= 4 is 23.5 Å². The van der Waals surface area contributed by atoms with Gasteiger partial charge in [-0.3, -0.25) is 4.79 Å². The summed E-state index contributed by atoms with van der Waals surface area (Å²) in [4.78, 5) is 17.6. The highest BCUT2D eigenvalue weighted by molar-refractivity contribution is 7.98. The molecule has 1 aliphatic heterocycles. The molecule has 2 aliphatic rings. The highest BCUT2D eigenvalue weighted by atomic mass is 32.2. The van der Waals surface area contributed by atoms with Gasteiger partial charge < -0.3 is 10.1 Å². The normalized spacial score (nSPS) is 17.7. The predicted octanol–water partition coefficient (Wildman–Crippen LogP) is 4.74. The topological polar surface area (TPSA) is 69.0 Å². The highest BCUT2D eigenvalue weighted by Crippen LogP contribution is 2.43. The van der Waals surface area contributed by atoms with Crippen LogP contribution in [0.2, 0.25) is 0 Å². The molecule has 2 heterocycles. The second-order valence-electron chi connectivity index (χ2n) is 7.48. The second kappa shape index (κ2) is 8.19. The Bertz CT molecular complexity index is 1190. The number of thioether (sulfide) groups is 1. The smallest absolute Gasteiger partial charge is 0.227 e. The minimum atomic E-state index is -0.412. The number of allylic oxidation sites excluding steroid dienone is 2. The molecule has 0 fully saturated rings. The SMILES string of the molecule is COc1ccccc1[C@H]1C2=C(CCCC2=O)Nc2nc(SCc3ccccc3F)nn21. The van der Waals surface area contributed by atoms with Gasteiger partial charge >= 0.3 is 0 Å². The van der Waals surface area contributed by atoms with E-state index in [0.29, 0.717) is 34.6 Å². The van der Waals surface area contributed by atoms with E-state index in [2.05, 4.69) is 10.3 Å². The number of hydrogen-bond acceptors (Lipinski definition) is 6. The molecule has 5 rings (SSSR count). The lowest BCUT2D eigenvalue weighted by Crippen LogP contribution is -2.31. The van der Waals surface area contributed by atoms with Gasteiger partial charge in [0.25, 0.3) is 0 Å². The maximum absolute atomic E-state index is 14.0. The van der Waals surface area contributed by atoms with E-state index in [0.717, 1.165) is 29.7 Å². The molecule has 158 valence electrons. The van der Waals surface area contributed by atoms with E-state index in [9.17, 15) is 9.18 Å². The number of nitrogens with one attached hydrogen (secondary N) is 1. The molecule has 6 nitrogen and oxygen atoms in total. The van der Waals surface area contributed by atoms with Crippen molar-refractivity contribution < 1.29 is 13.9 Å². The van der Waals surface area contributed by atoms with Gasteiger partial charge in [-0.05, 0) is 30.5 Å². The number of benzene rings is 2. The van der Waals surface area contributed by atoms with Crippen LogP contribution < -0.4 is 10.1 Å². The molecule has 1 N–H and O–H groups in total. The van der Waals surface area contributed by atoms with Crippen molar-refractivity contribution in [3.8, 4) is 5.75 Å². The van der Waals surface area contributed by atoms with Crippen LogP contribution in [0.3, 0.4) is 0 Å². The van der Waals surface area contributed by atoms with Crippen molar-refractivity contribution in [3.63, 3.8) is 0 Å². The van der Waals surface area contributed by atoms with Crippen molar-refractivity contribution in [2.24, 2.45) is 0 Å². The molecule has 0 radical (unpaired) electrons. The van der Waals surface area contributed by atoms with Gasteiger partial charge in [0.2, 0.25) is 11.1 Å². The van der Waals surface area contributed by atoms with E-state index < -0.39 is 6.04 Å². The molecule has 0 spiro atoms. The number of carbonyl (C=O) groups is 1. The van der Waals surface area contributed by atoms with Gasteiger partial charge in [-0.25, -0.2) is 9.07 Å². The number of ether oxygens (including phenoxy) is 1. The largest absolute Gasteiger partial charge is 0.496 e. The van der Waals surface area contributed by atoms with Crippen molar-refractivity contribution in [1.82, 2.24) is 14.8 Å². The Morgan fingerprint density at radius 3 is 2.84 bits per heavy atom. The summed E-state index contributed by atoms with van der Waals surface area (Å²) in [6.45, 7) is 0. The number of carbonyl (C=O) groups excluding carboxylic acids is 1. The molecule has 2 aromatic carbocycles. The molecule has 0 amide bonds. The fraction of sp³-hybridized carbons (Fsp3) is 0.261. The van der Waals surface area contributed by atoms with Gasteiger partial charge in [-0.15, -0.1) is 5.10 Å². The third kappa shape index (κ3) is 3.61. The minimum absolute atomic E-state index is 0.117. The fourth-order valence-electron chi connectivity index (χ4n) is 4.14. The van der Waals surface area contributed by atoms with Crippen molar-refractivity contribution in [2.75, 3.05) is 12.4 Å². The Balaban J connectivity index is 1.54. The summed E-state index contributed by atoms with van der Waals surface area (Å²) < 4.78 is 21.3. The molecule has 1 aromatic heterocycles. The number of aromatic nitrogens is 3. The molecule has 31 heavy (non-hydrogen) atoms. The van der Waals surface area contributed by atoms with Gasteiger partial charge in [0, 0.05) is 29.0 Å². The Morgan fingerprint density at radius 2 is 2.00 bits per heavy atom. The fourth-order valence-corrected chi connectivity index (χ4v) is 4.95. The number of fused-ring (bicyclic) bond motifs is 1. The van der Waals surface area contributed by atoms with Crippen LogP contribution in [-0.2, 0) is 10.5 Å². The summed E-state index contributed by atoms with van der Waals surface area (Å²) in [6.07, 6.45) is 2.12. The number of methoxy groups -OCH3 is 1. The lowest BCUT2D eigenvalue weighted by atomic mass is 9.85. The molecular weight excluding hydrogens is 415 g/mol. The highest BCUT2D eigenvalue weighted by Gasteiger charge is 2.38. The zero-order chi connectivity index (χ0) is 21.4. The Kier molecular flexibility index (Phi) is 5.23. The Hall–Kier alpha value is -3.13. The van der Waals surface area contributed by atoms with E-state index in [1.807, 2.05) is 30.3 Å². The number of para-hydroxylation sites is 1. The number of ketones is 1. The lowest BCUT2D eigenvalue weighted by Gasteiger charge is -2.32. The number of hydrogen-bond donors (Lipinski definition) is 1. The summed E-state index contributed by atoms with van der Waals surface area (Å²) in [5, 5.41) is 8.54. The average molecular weight is 437 g/mol. The van der Waals surface area contributed by atoms with Crippen molar-refractivity contribution in [3.05, 3.63) is 76.7 Å². The van der Waals surface area contributed by atoms with Crippen molar-refractivity contribution in [1.29, 1.82) is 0 Å². The number of Topliss-reactive ketones (excluding diaryl/α,β-unsaturated/α-hetero) is 1. The molecule has 0 saturated heterocycles. The monoisotopic (exact) mass is 436 g/mol. The first kappa shape index (κ1) is 19.8. The average Bonchev–Trinajstić information content (AvgIpc) is 3.20. The molecule has 0 unspecified atom stereocenters. The number of anilines is 1. The van der Waals surface area contributed by atoms with Gasteiger partial charge in [-0.1, -0.05) is 48.2 Å². The summed E-state index contributed by atoms with van der Waals surface area (Å²) >= 11 is 1.36. The van der Waals surface area contributed by atoms with E-state index in [-0.39, 0.29) is 11.6 Å². The lowest BCUT2D eigenvalue weighted by molar-refractivity contribution is -0.116. The third-order valence-corrected chi connectivity index (χ3v) is 6.48. The summed E-state index contributed by atoms with van der Waals surface area (Å²) in [5.41, 5.74) is 3.09. The van der Waals surface area contributed by atoms with Crippen LogP contribution in [0.4, 0.5) is 10.3 Å².